The van der Waals surface area contributed by atoms with E-state index in [4.69, 9.17) is 4.74 Å². The molecule has 1 amide bonds. The predicted octanol–water partition coefficient (Wildman–Crippen LogP) is 1.36. The number of carbonyl (C=O) groups is 1. The highest BCUT2D eigenvalue weighted by Crippen LogP contribution is 2.19. The summed E-state index contributed by atoms with van der Waals surface area (Å²) in [5, 5.41) is 9.42. The number of alkyl halides is 1. The van der Waals surface area contributed by atoms with E-state index in [2.05, 4.69) is 15.9 Å². The molecule has 1 fully saturated rings. The van der Waals surface area contributed by atoms with Gasteiger partial charge < -0.3 is 14.7 Å². The summed E-state index contributed by atoms with van der Waals surface area (Å²) in [6, 6.07) is 0. The summed E-state index contributed by atoms with van der Waals surface area (Å²) in [7, 11) is 0. The summed E-state index contributed by atoms with van der Waals surface area (Å²) >= 11 is 3.29. The first kappa shape index (κ1) is 11.8. The predicted molar refractivity (Wildman–Crippen MR) is 56.5 cm³/mol. The van der Waals surface area contributed by atoms with Gasteiger partial charge in [-0.15, -0.1) is 0 Å². The number of likely N-dealkylation sites (tertiary alicyclic amines) is 1. The van der Waals surface area contributed by atoms with Crippen LogP contribution in [0.1, 0.15) is 20.8 Å². The molecule has 1 aliphatic heterocycles. The maximum absolute atomic E-state index is 11.5. The van der Waals surface area contributed by atoms with Crippen molar-refractivity contribution in [3.63, 3.8) is 0 Å². The Hall–Kier alpha value is -0.290. The van der Waals surface area contributed by atoms with Crippen LogP contribution in [0.4, 0.5) is 4.79 Å². The fraction of sp³-hybridized carbons (Fsp3) is 0.889. The maximum atomic E-state index is 11.5. The fourth-order valence-corrected chi connectivity index (χ4v) is 1.74. The summed E-state index contributed by atoms with van der Waals surface area (Å²) in [5.74, 6) is 0. The van der Waals surface area contributed by atoms with Gasteiger partial charge in [-0.1, -0.05) is 15.9 Å². The van der Waals surface area contributed by atoms with Crippen molar-refractivity contribution in [2.75, 3.05) is 13.1 Å². The van der Waals surface area contributed by atoms with Crippen molar-refractivity contribution in [2.45, 2.75) is 37.3 Å². The van der Waals surface area contributed by atoms with E-state index in [1.54, 1.807) is 0 Å². The Morgan fingerprint density at radius 2 is 2.07 bits per heavy atom. The van der Waals surface area contributed by atoms with Gasteiger partial charge in [0.25, 0.3) is 0 Å². The highest BCUT2D eigenvalue weighted by atomic mass is 79.9. The zero-order valence-electron chi connectivity index (χ0n) is 8.66. The number of rotatable bonds is 0. The van der Waals surface area contributed by atoms with Gasteiger partial charge in [0.15, 0.2) is 0 Å². The lowest BCUT2D eigenvalue weighted by Gasteiger charge is -2.24. The molecule has 82 valence electrons. The minimum Gasteiger partial charge on any atom is -0.444 e. The lowest BCUT2D eigenvalue weighted by molar-refractivity contribution is 0.0270. The van der Waals surface area contributed by atoms with Crippen LogP contribution in [0.3, 0.4) is 0 Å². The molecule has 1 N–H and O–H groups in total. The molecular weight excluding hydrogens is 250 g/mol. The first-order valence-corrected chi connectivity index (χ1v) is 5.51. The number of hydrogen-bond acceptors (Lipinski definition) is 3. The second-order valence-electron chi connectivity index (χ2n) is 4.47. The molecule has 0 spiro atoms. The Morgan fingerprint density at radius 3 is 2.43 bits per heavy atom. The van der Waals surface area contributed by atoms with Gasteiger partial charge in [0.1, 0.15) is 5.60 Å². The van der Waals surface area contributed by atoms with Gasteiger partial charge in [-0.3, -0.25) is 0 Å². The average molecular weight is 266 g/mol. The van der Waals surface area contributed by atoms with Gasteiger partial charge in [-0.25, -0.2) is 4.79 Å². The van der Waals surface area contributed by atoms with Crippen molar-refractivity contribution in [1.82, 2.24) is 4.90 Å². The number of β-amino-alcohol motifs (C(OH)–C–C–N with tert-alkyl or cyclic N) is 1. The largest absolute Gasteiger partial charge is 0.444 e. The van der Waals surface area contributed by atoms with Gasteiger partial charge in [0, 0.05) is 6.54 Å². The van der Waals surface area contributed by atoms with E-state index < -0.39 is 11.7 Å². The van der Waals surface area contributed by atoms with E-state index in [1.165, 1.54) is 4.90 Å². The van der Waals surface area contributed by atoms with Crippen molar-refractivity contribution in [2.24, 2.45) is 0 Å². The molecular formula is C9H16BrNO3. The lowest BCUT2D eigenvalue weighted by Crippen LogP contribution is -2.35. The summed E-state index contributed by atoms with van der Waals surface area (Å²) in [4.78, 5) is 13.0. The third-order valence-electron chi connectivity index (χ3n) is 1.87. The van der Waals surface area contributed by atoms with Crippen LogP contribution in [0.2, 0.25) is 0 Å². The van der Waals surface area contributed by atoms with Gasteiger partial charge in [0.2, 0.25) is 0 Å². The highest BCUT2D eigenvalue weighted by molar-refractivity contribution is 9.09. The Morgan fingerprint density at radius 1 is 1.50 bits per heavy atom. The number of halogens is 1. The molecule has 0 aromatic rings. The molecule has 14 heavy (non-hydrogen) atoms. The van der Waals surface area contributed by atoms with Crippen molar-refractivity contribution in [3.05, 3.63) is 0 Å². The fourth-order valence-electron chi connectivity index (χ4n) is 1.22. The Labute approximate surface area is 92.3 Å². The summed E-state index contributed by atoms with van der Waals surface area (Å²) in [6.07, 6.45) is -0.860. The molecule has 1 aliphatic rings. The van der Waals surface area contributed by atoms with E-state index in [0.717, 1.165) is 0 Å². The summed E-state index contributed by atoms with van der Waals surface area (Å²) < 4.78 is 5.17. The monoisotopic (exact) mass is 265 g/mol. The maximum Gasteiger partial charge on any atom is 0.410 e. The summed E-state index contributed by atoms with van der Waals surface area (Å²) in [6.45, 7) is 6.30. The van der Waals surface area contributed by atoms with E-state index >= 15 is 0 Å². The molecule has 1 rings (SSSR count). The number of aliphatic hydroxyl groups excluding tert-OH is 1. The molecule has 0 aliphatic carbocycles. The zero-order valence-corrected chi connectivity index (χ0v) is 10.2. The smallest absolute Gasteiger partial charge is 0.410 e. The molecule has 5 heteroatoms. The molecule has 0 aromatic heterocycles. The van der Waals surface area contributed by atoms with Crippen molar-refractivity contribution in [1.29, 1.82) is 0 Å². The van der Waals surface area contributed by atoms with Crippen LogP contribution in [0.15, 0.2) is 0 Å². The van der Waals surface area contributed by atoms with Crippen LogP contribution in [0.5, 0.6) is 0 Å². The molecule has 1 saturated heterocycles. The molecule has 0 aromatic carbocycles. The van der Waals surface area contributed by atoms with E-state index in [1.807, 2.05) is 20.8 Å². The minimum absolute atomic E-state index is 0.0463. The number of nitrogens with zero attached hydrogens (tertiary/aromatic N) is 1. The summed E-state index contributed by atoms with van der Waals surface area (Å²) in [5.41, 5.74) is -0.480. The third-order valence-corrected chi connectivity index (χ3v) is 2.77. The third kappa shape index (κ3) is 3.13. The van der Waals surface area contributed by atoms with Crippen LogP contribution in [0.25, 0.3) is 0 Å². The van der Waals surface area contributed by atoms with Gasteiger partial charge in [-0.2, -0.15) is 0 Å². The Kier molecular flexibility index (Phi) is 3.42. The van der Waals surface area contributed by atoms with Gasteiger partial charge >= 0.3 is 6.09 Å². The van der Waals surface area contributed by atoms with Gasteiger partial charge in [0.05, 0.1) is 17.5 Å². The van der Waals surface area contributed by atoms with Crippen LogP contribution in [-0.2, 0) is 4.74 Å². The molecule has 2 unspecified atom stereocenters. The number of ether oxygens (including phenoxy) is 1. The standard InChI is InChI=1S/C9H16BrNO3/c1-9(2,3)14-8(13)11-4-6(10)7(12)5-11/h6-7,12H,4-5H2,1-3H3. The molecule has 1 heterocycles. The van der Waals surface area contributed by atoms with E-state index in [-0.39, 0.29) is 10.9 Å². The lowest BCUT2D eigenvalue weighted by atomic mass is 10.2. The van der Waals surface area contributed by atoms with Crippen LogP contribution < -0.4 is 0 Å². The van der Waals surface area contributed by atoms with Gasteiger partial charge in [-0.05, 0) is 20.8 Å². The number of aliphatic hydroxyl groups is 1. The number of carbonyl (C=O) groups excluding carboxylic acids is 1. The average Bonchev–Trinajstić information content (AvgIpc) is 2.28. The topological polar surface area (TPSA) is 49.8 Å². The highest BCUT2D eigenvalue weighted by Gasteiger charge is 2.34. The Bertz CT molecular complexity index is 217. The molecule has 0 saturated carbocycles. The van der Waals surface area contributed by atoms with Crippen molar-refractivity contribution in [3.8, 4) is 0 Å². The number of hydrogen-bond donors (Lipinski definition) is 1. The van der Waals surface area contributed by atoms with E-state index in [9.17, 15) is 9.90 Å². The first-order valence-electron chi connectivity index (χ1n) is 4.59. The molecule has 0 radical (unpaired) electrons. The van der Waals surface area contributed by atoms with Crippen LogP contribution >= 0.6 is 15.9 Å². The minimum atomic E-state index is -0.498. The van der Waals surface area contributed by atoms with E-state index in [0.29, 0.717) is 13.1 Å². The normalized spacial score (nSPS) is 27.9. The second-order valence-corrected chi connectivity index (χ2v) is 5.64. The zero-order chi connectivity index (χ0) is 10.9. The molecule has 2 atom stereocenters. The molecule has 4 nitrogen and oxygen atoms in total. The first-order chi connectivity index (χ1) is 6.29. The number of amides is 1. The quantitative estimate of drug-likeness (QED) is 0.673. The van der Waals surface area contributed by atoms with Crippen molar-refractivity contribution < 1.29 is 14.6 Å². The van der Waals surface area contributed by atoms with Crippen LogP contribution in [-0.4, -0.2) is 45.7 Å². The Balaban J connectivity index is 2.48. The molecule has 0 bridgehead atoms. The second kappa shape index (κ2) is 4.06. The van der Waals surface area contributed by atoms with Crippen molar-refractivity contribution >= 4 is 22.0 Å². The SMILES string of the molecule is CC(C)(C)OC(=O)N1CC(O)C(Br)C1. The van der Waals surface area contributed by atoms with Crippen LogP contribution in [0, 0.1) is 0 Å².